The summed E-state index contributed by atoms with van der Waals surface area (Å²) < 4.78 is 29.2. The summed E-state index contributed by atoms with van der Waals surface area (Å²) in [6, 6.07) is 30.9. The Morgan fingerprint density at radius 1 is 0.640 bits per heavy atom. The number of hydrogen-bond acceptors (Lipinski definition) is 10. The number of esters is 1. The van der Waals surface area contributed by atoms with Gasteiger partial charge in [-0.1, -0.05) is 67.6 Å². The molecule has 0 unspecified atom stereocenters. The van der Waals surface area contributed by atoms with Gasteiger partial charge >= 0.3 is 5.97 Å². The lowest BCUT2D eigenvalue weighted by Gasteiger charge is -2.11. The molecule has 6 rings (SSSR count). The molecule has 11 heteroatoms. The van der Waals surface area contributed by atoms with Crippen LogP contribution in [-0.4, -0.2) is 38.3 Å². The number of rotatable bonds is 13. The van der Waals surface area contributed by atoms with Gasteiger partial charge in [0.15, 0.2) is 28.8 Å². The second-order valence-corrected chi connectivity index (χ2v) is 13.7. The van der Waals surface area contributed by atoms with Crippen molar-refractivity contribution in [2.24, 2.45) is 5.92 Å². The zero-order valence-electron chi connectivity index (χ0n) is 27.9. The molecule has 0 fully saturated rings. The lowest BCUT2D eigenvalue weighted by Crippen LogP contribution is -2.16. The summed E-state index contributed by atoms with van der Waals surface area (Å²) in [7, 11) is 4.51. The maximum atomic E-state index is 12.5. The van der Waals surface area contributed by atoms with Crippen molar-refractivity contribution in [3.8, 4) is 23.0 Å². The molecule has 2 heterocycles. The molecule has 0 radical (unpaired) electrons. The van der Waals surface area contributed by atoms with Crippen molar-refractivity contribution >= 4 is 71.4 Å². The smallest absolute Gasteiger partial charge is 0.308 e. The van der Waals surface area contributed by atoms with Crippen LogP contribution in [0.2, 0.25) is 0 Å². The van der Waals surface area contributed by atoms with Gasteiger partial charge in [-0.2, -0.15) is 0 Å². The fraction of sp³-hybridized carbons (Fsp3) is 0.205. The molecule has 258 valence electrons. The zero-order chi connectivity index (χ0) is 35.6. The summed E-state index contributed by atoms with van der Waals surface area (Å²) in [5.74, 6) is 1.59. The molecule has 0 aliphatic heterocycles. The highest BCUT2D eigenvalue weighted by molar-refractivity contribution is 7.22. The van der Waals surface area contributed by atoms with E-state index >= 15 is 0 Å². The van der Waals surface area contributed by atoms with Crippen LogP contribution in [0.3, 0.4) is 0 Å². The number of carbonyl (C=O) groups is 3. The summed E-state index contributed by atoms with van der Waals surface area (Å²) >= 11 is 8.27. The summed E-state index contributed by atoms with van der Waals surface area (Å²) in [4.78, 5) is 36.5. The SMILES string of the molecule is COC(=O)[C@@H](C)CC(=O)c1cc2cc(OC)c(OCc3ccccc3)cc2s1.COc1cc2cc(C(=O)Cl)sc2cc1OCc1ccccc1. The molecule has 4 aromatic carbocycles. The number of carbonyl (C=O) groups excluding carboxylic acids is 3. The molecular formula is C39H35ClO8S2. The van der Waals surface area contributed by atoms with Crippen LogP contribution in [-0.2, 0) is 22.7 Å². The Morgan fingerprint density at radius 3 is 1.54 bits per heavy atom. The molecule has 50 heavy (non-hydrogen) atoms. The van der Waals surface area contributed by atoms with Gasteiger partial charge in [0.05, 0.1) is 37.0 Å². The fourth-order valence-electron chi connectivity index (χ4n) is 5.01. The van der Waals surface area contributed by atoms with Gasteiger partial charge < -0.3 is 23.7 Å². The largest absolute Gasteiger partial charge is 0.493 e. The maximum Gasteiger partial charge on any atom is 0.308 e. The molecule has 0 aliphatic carbocycles. The van der Waals surface area contributed by atoms with E-state index in [1.165, 1.54) is 29.8 Å². The van der Waals surface area contributed by atoms with E-state index in [9.17, 15) is 14.4 Å². The molecule has 1 atom stereocenters. The van der Waals surface area contributed by atoms with E-state index in [0.29, 0.717) is 46.0 Å². The lowest BCUT2D eigenvalue weighted by atomic mass is 10.0. The van der Waals surface area contributed by atoms with Crippen LogP contribution >= 0.6 is 34.3 Å². The first-order valence-corrected chi connectivity index (χ1v) is 17.6. The Hall–Kier alpha value is -4.90. The van der Waals surface area contributed by atoms with Crippen molar-refractivity contribution < 1.29 is 38.1 Å². The van der Waals surface area contributed by atoms with E-state index in [-0.39, 0.29) is 18.2 Å². The van der Waals surface area contributed by atoms with Gasteiger partial charge in [0.1, 0.15) is 13.2 Å². The average Bonchev–Trinajstić information content (AvgIpc) is 3.77. The number of hydrogen-bond donors (Lipinski definition) is 0. The van der Waals surface area contributed by atoms with E-state index in [2.05, 4.69) is 0 Å². The number of halogens is 1. The predicted octanol–water partition coefficient (Wildman–Crippen LogP) is 9.74. The highest BCUT2D eigenvalue weighted by Crippen LogP contribution is 2.39. The fourth-order valence-corrected chi connectivity index (χ4v) is 7.10. The van der Waals surface area contributed by atoms with Crippen LogP contribution in [0.1, 0.15) is 43.8 Å². The number of ether oxygens (including phenoxy) is 5. The minimum Gasteiger partial charge on any atom is -0.493 e. The van der Waals surface area contributed by atoms with Crippen molar-refractivity contribution in [3.05, 3.63) is 118 Å². The van der Waals surface area contributed by atoms with Crippen LogP contribution < -0.4 is 18.9 Å². The number of benzene rings is 4. The van der Waals surface area contributed by atoms with Crippen LogP contribution in [0.5, 0.6) is 23.0 Å². The van der Waals surface area contributed by atoms with E-state index in [1.54, 1.807) is 27.2 Å². The third-order valence-electron chi connectivity index (χ3n) is 7.64. The summed E-state index contributed by atoms with van der Waals surface area (Å²) in [6.07, 6.45) is 0.119. The van der Waals surface area contributed by atoms with Crippen molar-refractivity contribution in [1.82, 2.24) is 0 Å². The first-order valence-electron chi connectivity index (χ1n) is 15.6. The standard InChI is InChI=1S/C22H22O5S.C17H13ClO3S/c1-14(22(24)26-3)9-17(23)21-11-16-10-18(25-2)19(12-20(16)28-21)27-13-15-7-5-4-6-8-15;1-20-13-7-12-8-16(17(18)19)22-15(12)9-14(13)21-10-11-5-3-2-4-6-11/h4-8,10-12,14H,9,13H2,1-3H3;2-9H,10H2,1H3/t14-;/m0./s1. The third kappa shape index (κ3) is 9.20. The third-order valence-corrected chi connectivity index (χ3v) is 10.2. The minimum absolute atomic E-state index is 0.0789. The zero-order valence-corrected chi connectivity index (χ0v) is 30.3. The topological polar surface area (TPSA) is 97.4 Å². The van der Waals surface area contributed by atoms with Gasteiger partial charge in [-0.05, 0) is 57.8 Å². The maximum absolute atomic E-state index is 12.5. The molecule has 0 N–H and O–H groups in total. The van der Waals surface area contributed by atoms with Gasteiger partial charge in [-0.25, -0.2) is 0 Å². The minimum atomic E-state index is -0.470. The lowest BCUT2D eigenvalue weighted by molar-refractivity contribution is -0.144. The average molecular weight is 731 g/mol. The van der Waals surface area contributed by atoms with Crippen LogP contribution in [0, 0.1) is 5.92 Å². The molecule has 6 aromatic rings. The molecule has 0 spiro atoms. The van der Waals surface area contributed by atoms with Crippen LogP contribution in [0.25, 0.3) is 20.2 Å². The molecule has 0 amide bonds. The van der Waals surface area contributed by atoms with E-state index in [1.807, 2.05) is 91.0 Å². The molecule has 0 saturated heterocycles. The quantitative estimate of drug-likeness (QED) is 0.0658. The predicted molar refractivity (Wildman–Crippen MR) is 199 cm³/mol. The van der Waals surface area contributed by atoms with Gasteiger partial charge in [-0.3, -0.25) is 14.4 Å². The van der Waals surface area contributed by atoms with E-state index in [4.69, 9.17) is 35.3 Å². The number of methoxy groups -OCH3 is 3. The van der Waals surface area contributed by atoms with Crippen LogP contribution in [0.15, 0.2) is 97.1 Å². The number of fused-ring (bicyclic) bond motifs is 2. The number of thiophene rings is 2. The normalized spacial score (nSPS) is 11.3. The second-order valence-electron chi connectivity index (χ2n) is 11.2. The van der Waals surface area contributed by atoms with Gasteiger partial charge in [0.25, 0.3) is 5.24 Å². The molecular weight excluding hydrogens is 696 g/mol. The Kier molecular flexibility index (Phi) is 12.5. The summed E-state index contributed by atoms with van der Waals surface area (Å²) in [5, 5.41) is 1.37. The van der Waals surface area contributed by atoms with Crippen molar-refractivity contribution in [2.75, 3.05) is 21.3 Å². The van der Waals surface area contributed by atoms with Crippen molar-refractivity contribution in [2.45, 2.75) is 26.6 Å². The van der Waals surface area contributed by atoms with Crippen molar-refractivity contribution in [1.29, 1.82) is 0 Å². The molecule has 8 nitrogen and oxygen atoms in total. The second kappa shape index (κ2) is 17.2. The number of ketones is 1. The van der Waals surface area contributed by atoms with E-state index in [0.717, 1.165) is 31.3 Å². The molecule has 0 aliphatic rings. The monoisotopic (exact) mass is 730 g/mol. The Labute approximate surface area is 303 Å². The van der Waals surface area contributed by atoms with Crippen LogP contribution in [0.4, 0.5) is 0 Å². The van der Waals surface area contributed by atoms with Gasteiger partial charge in [0, 0.05) is 28.0 Å². The van der Waals surface area contributed by atoms with Gasteiger partial charge in [0.2, 0.25) is 0 Å². The summed E-state index contributed by atoms with van der Waals surface area (Å²) in [6.45, 7) is 2.57. The Bertz CT molecular complexity index is 2090. The highest BCUT2D eigenvalue weighted by atomic mass is 35.5. The molecule has 2 aromatic heterocycles. The molecule has 0 bridgehead atoms. The van der Waals surface area contributed by atoms with Gasteiger partial charge in [-0.15, -0.1) is 22.7 Å². The first kappa shape index (κ1) is 36.4. The van der Waals surface area contributed by atoms with E-state index < -0.39 is 11.2 Å². The number of Topliss-reactive ketones (excluding diaryl/α,β-unsaturated/α-hetero) is 1. The Morgan fingerprint density at radius 2 is 1.10 bits per heavy atom. The highest BCUT2D eigenvalue weighted by Gasteiger charge is 2.21. The summed E-state index contributed by atoms with van der Waals surface area (Å²) in [5.41, 5.74) is 2.14. The Balaban J connectivity index is 0.000000200. The van der Waals surface area contributed by atoms with Crippen molar-refractivity contribution in [3.63, 3.8) is 0 Å². The first-order chi connectivity index (χ1) is 24.2. The molecule has 0 saturated carbocycles.